The van der Waals surface area contributed by atoms with Crippen LogP contribution in [0.5, 0.6) is 0 Å². The first-order valence-electron chi connectivity index (χ1n) is 7.93. The number of nitrogens with two attached hydrogens (primary N) is 1. The second-order valence-corrected chi connectivity index (χ2v) is 5.74. The van der Waals surface area contributed by atoms with Crippen LogP contribution in [0.4, 0.5) is 10.1 Å². The van der Waals surface area contributed by atoms with E-state index in [0.717, 1.165) is 16.7 Å². The van der Waals surface area contributed by atoms with Crippen LogP contribution in [0.3, 0.4) is 0 Å². The molecular formula is C20H18FN3O. The third-order valence-electron chi connectivity index (χ3n) is 3.87. The van der Waals surface area contributed by atoms with Crippen molar-refractivity contribution >= 4 is 11.6 Å². The highest BCUT2D eigenvalue weighted by molar-refractivity contribution is 5.95. The zero-order chi connectivity index (χ0) is 17.6. The van der Waals surface area contributed by atoms with Gasteiger partial charge in [0.2, 0.25) is 5.91 Å². The first-order valence-corrected chi connectivity index (χ1v) is 7.93. The number of nitrogens with zero attached hydrogens (tertiary/aromatic N) is 1. The molecule has 1 atom stereocenters. The average Bonchev–Trinajstić information content (AvgIpc) is 2.65. The first-order chi connectivity index (χ1) is 12.1. The molecule has 25 heavy (non-hydrogen) atoms. The minimum Gasteiger partial charge on any atom is -0.325 e. The zero-order valence-electron chi connectivity index (χ0n) is 13.5. The Morgan fingerprint density at radius 1 is 0.960 bits per heavy atom. The molecule has 1 amide bonds. The summed E-state index contributed by atoms with van der Waals surface area (Å²) in [4.78, 5) is 16.2. The monoisotopic (exact) mass is 335 g/mol. The summed E-state index contributed by atoms with van der Waals surface area (Å²) in [5, 5.41) is 2.80. The van der Waals surface area contributed by atoms with Crippen LogP contribution >= 0.6 is 0 Å². The van der Waals surface area contributed by atoms with Crippen LogP contribution in [0.25, 0.3) is 11.1 Å². The zero-order valence-corrected chi connectivity index (χ0v) is 13.5. The predicted molar refractivity (Wildman–Crippen MR) is 96.4 cm³/mol. The third-order valence-corrected chi connectivity index (χ3v) is 3.87. The van der Waals surface area contributed by atoms with Gasteiger partial charge >= 0.3 is 0 Å². The molecule has 0 fully saturated rings. The van der Waals surface area contributed by atoms with Crippen LogP contribution in [-0.4, -0.2) is 16.9 Å². The highest BCUT2D eigenvalue weighted by atomic mass is 19.1. The van der Waals surface area contributed by atoms with Gasteiger partial charge < -0.3 is 11.1 Å². The Morgan fingerprint density at radius 2 is 1.56 bits per heavy atom. The number of benzene rings is 2. The van der Waals surface area contributed by atoms with Gasteiger partial charge in [0.15, 0.2) is 0 Å². The van der Waals surface area contributed by atoms with Gasteiger partial charge in [-0.1, -0.05) is 24.3 Å². The third kappa shape index (κ3) is 4.49. The average molecular weight is 335 g/mol. The number of rotatable bonds is 5. The van der Waals surface area contributed by atoms with E-state index in [2.05, 4.69) is 10.3 Å². The van der Waals surface area contributed by atoms with E-state index in [1.807, 2.05) is 36.4 Å². The summed E-state index contributed by atoms with van der Waals surface area (Å²) in [6, 6.07) is 16.6. The van der Waals surface area contributed by atoms with E-state index in [9.17, 15) is 9.18 Å². The molecule has 0 aliphatic carbocycles. The molecule has 5 heteroatoms. The summed E-state index contributed by atoms with van der Waals surface area (Å²) < 4.78 is 12.9. The standard InChI is InChI=1S/C20H18FN3O/c21-17-5-1-14(2-6-17)13-19(22)20(25)24-18-7-3-15(4-8-18)16-9-11-23-12-10-16/h1-12,19H,13,22H2,(H,24,25)/t19-/m1/s1. The number of carbonyl (C=O) groups is 1. The van der Waals surface area contributed by atoms with E-state index in [4.69, 9.17) is 5.73 Å². The Labute approximate surface area is 145 Å². The Balaban J connectivity index is 1.61. The van der Waals surface area contributed by atoms with Crippen molar-refractivity contribution in [1.82, 2.24) is 4.98 Å². The minimum atomic E-state index is -0.703. The minimum absolute atomic E-state index is 0.277. The van der Waals surface area contributed by atoms with Crippen LogP contribution in [0.2, 0.25) is 0 Å². The summed E-state index contributed by atoms with van der Waals surface area (Å²) in [6.45, 7) is 0. The number of pyridine rings is 1. The van der Waals surface area contributed by atoms with E-state index in [-0.39, 0.29) is 11.7 Å². The Bertz CT molecular complexity index is 833. The molecule has 3 aromatic rings. The van der Waals surface area contributed by atoms with Crippen LogP contribution in [0.1, 0.15) is 5.56 Å². The summed E-state index contributed by atoms with van der Waals surface area (Å²) in [5.74, 6) is -0.586. The SMILES string of the molecule is N[C@H](Cc1ccc(F)cc1)C(=O)Nc1ccc(-c2ccncc2)cc1. The molecule has 1 heterocycles. The molecular weight excluding hydrogens is 317 g/mol. The molecule has 0 aliphatic heterocycles. The van der Waals surface area contributed by atoms with Gasteiger partial charge in [-0.05, 0) is 59.5 Å². The fraction of sp³-hybridized carbons (Fsp3) is 0.100. The quantitative estimate of drug-likeness (QED) is 0.751. The molecule has 0 radical (unpaired) electrons. The molecule has 2 aromatic carbocycles. The fourth-order valence-corrected chi connectivity index (χ4v) is 2.49. The van der Waals surface area contributed by atoms with Crippen LogP contribution < -0.4 is 11.1 Å². The van der Waals surface area contributed by atoms with Crippen LogP contribution in [0.15, 0.2) is 73.1 Å². The largest absolute Gasteiger partial charge is 0.325 e. The van der Waals surface area contributed by atoms with Crippen molar-refractivity contribution in [2.75, 3.05) is 5.32 Å². The highest BCUT2D eigenvalue weighted by Crippen LogP contribution is 2.20. The lowest BCUT2D eigenvalue weighted by Crippen LogP contribution is -2.37. The van der Waals surface area contributed by atoms with Crippen LogP contribution in [-0.2, 0) is 11.2 Å². The molecule has 126 valence electrons. The number of carbonyl (C=O) groups excluding carboxylic acids is 1. The van der Waals surface area contributed by atoms with Crippen molar-refractivity contribution in [3.8, 4) is 11.1 Å². The van der Waals surface area contributed by atoms with Crippen molar-refractivity contribution < 1.29 is 9.18 Å². The molecule has 0 saturated carbocycles. The van der Waals surface area contributed by atoms with E-state index in [0.29, 0.717) is 12.1 Å². The smallest absolute Gasteiger partial charge is 0.241 e. The van der Waals surface area contributed by atoms with Crippen LogP contribution in [0, 0.1) is 5.82 Å². The Hall–Kier alpha value is -3.05. The number of nitrogens with one attached hydrogen (secondary N) is 1. The van der Waals surface area contributed by atoms with E-state index in [1.54, 1.807) is 24.5 Å². The summed E-state index contributed by atoms with van der Waals surface area (Å²) in [7, 11) is 0. The van der Waals surface area contributed by atoms with Crippen molar-refractivity contribution in [3.63, 3.8) is 0 Å². The Morgan fingerprint density at radius 3 is 2.20 bits per heavy atom. The Kier molecular flexibility index (Phi) is 5.16. The summed E-state index contributed by atoms with van der Waals surface area (Å²) >= 11 is 0. The number of hydrogen-bond donors (Lipinski definition) is 2. The number of hydrogen-bond acceptors (Lipinski definition) is 3. The molecule has 0 spiro atoms. The number of amides is 1. The topological polar surface area (TPSA) is 68.0 Å². The lowest BCUT2D eigenvalue weighted by atomic mass is 10.1. The van der Waals surface area contributed by atoms with Gasteiger partial charge in [0.05, 0.1) is 6.04 Å². The van der Waals surface area contributed by atoms with Gasteiger partial charge in [0.25, 0.3) is 0 Å². The highest BCUT2D eigenvalue weighted by Gasteiger charge is 2.14. The van der Waals surface area contributed by atoms with Gasteiger partial charge in [-0.3, -0.25) is 9.78 Å². The number of halogens is 1. The number of anilines is 1. The van der Waals surface area contributed by atoms with Crippen molar-refractivity contribution in [2.45, 2.75) is 12.5 Å². The maximum absolute atomic E-state index is 12.9. The first kappa shape index (κ1) is 16.8. The maximum Gasteiger partial charge on any atom is 0.241 e. The van der Waals surface area contributed by atoms with Crippen molar-refractivity contribution in [1.29, 1.82) is 0 Å². The summed E-state index contributed by atoms with van der Waals surface area (Å²) in [6.07, 6.45) is 3.82. The predicted octanol–water partition coefficient (Wildman–Crippen LogP) is 3.40. The van der Waals surface area contributed by atoms with E-state index < -0.39 is 6.04 Å². The van der Waals surface area contributed by atoms with Gasteiger partial charge in [0.1, 0.15) is 5.82 Å². The number of aromatic nitrogens is 1. The molecule has 0 unspecified atom stereocenters. The van der Waals surface area contributed by atoms with Gasteiger partial charge in [-0.15, -0.1) is 0 Å². The van der Waals surface area contributed by atoms with Gasteiger partial charge in [0, 0.05) is 18.1 Å². The lowest BCUT2D eigenvalue weighted by molar-refractivity contribution is -0.117. The summed E-state index contributed by atoms with van der Waals surface area (Å²) in [5.41, 5.74) is 9.53. The molecule has 3 rings (SSSR count). The second kappa shape index (κ2) is 7.68. The molecule has 4 nitrogen and oxygen atoms in total. The molecule has 0 aliphatic rings. The van der Waals surface area contributed by atoms with Gasteiger partial charge in [-0.25, -0.2) is 4.39 Å². The van der Waals surface area contributed by atoms with E-state index in [1.165, 1.54) is 12.1 Å². The van der Waals surface area contributed by atoms with Crippen molar-refractivity contribution in [2.24, 2.45) is 5.73 Å². The maximum atomic E-state index is 12.9. The normalized spacial score (nSPS) is 11.8. The fourth-order valence-electron chi connectivity index (χ4n) is 2.49. The second-order valence-electron chi connectivity index (χ2n) is 5.74. The van der Waals surface area contributed by atoms with Gasteiger partial charge in [-0.2, -0.15) is 0 Å². The van der Waals surface area contributed by atoms with E-state index >= 15 is 0 Å². The molecule has 1 aromatic heterocycles. The van der Waals surface area contributed by atoms with Crippen molar-refractivity contribution in [3.05, 3.63) is 84.4 Å². The molecule has 0 saturated heterocycles. The molecule has 0 bridgehead atoms. The molecule has 3 N–H and O–H groups in total. The lowest BCUT2D eigenvalue weighted by Gasteiger charge is -2.13.